The highest BCUT2D eigenvalue weighted by atomic mass is 79.9. The molecule has 0 fully saturated rings. The highest BCUT2D eigenvalue weighted by Crippen LogP contribution is 2.25. The first-order chi connectivity index (χ1) is 6.50. The Kier molecular flexibility index (Phi) is 3.49. The predicted octanol–water partition coefficient (Wildman–Crippen LogP) is 2.13. The van der Waals surface area contributed by atoms with Crippen molar-refractivity contribution < 1.29 is 14.7 Å². The summed E-state index contributed by atoms with van der Waals surface area (Å²) in [5.41, 5.74) is 0.369. The topological polar surface area (TPSA) is 66.4 Å². The zero-order valence-electron chi connectivity index (χ0n) is 6.75. The Morgan fingerprint density at radius 3 is 2.57 bits per heavy atom. The first-order valence-electron chi connectivity index (χ1n) is 3.50. The van der Waals surface area contributed by atoms with Crippen LogP contribution in [-0.2, 0) is 9.59 Å². The molecule has 1 aromatic carbocycles. The molecule has 2 N–H and O–H groups in total. The number of carbonyl (C=O) groups excluding carboxylic acids is 1. The summed E-state index contributed by atoms with van der Waals surface area (Å²) in [6.07, 6.45) is 0. The third-order valence-corrected chi connectivity index (χ3v) is 2.59. The molecular weight excluding hydrogens is 273 g/mol. The Morgan fingerprint density at radius 2 is 2.07 bits per heavy atom. The summed E-state index contributed by atoms with van der Waals surface area (Å²) >= 11 is 8.85. The summed E-state index contributed by atoms with van der Waals surface area (Å²) in [7, 11) is 0. The molecule has 0 unspecified atom stereocenters. The number of benzene rings is 1. The molecule has 1 aromatic rings. The van der Waals surface area contributed by atoms with Gasteiger partial charge in [-0.3, -0.25) is 4.79 Å². The van der Waals surface area contributed by atoms with Crippen LogP contribution in [0.25, 0.3) is 0 Å². The molecule has 1 amide bonds. The Labute approximate surface area is 93.0 Å². The van der Waals surface area contributed by atoms with Crippen molar-refractivity contribution in [3.05, 3.63) is 27.7 Å². The minimum absolute atomic E-state index is 0.369. The highest BCUT2D eigenvalue weighted by Gasteiger charge is 2.11. The van der Waals surface area contributed by atoms with Gasteiger partial charge in [-0.25, -0.2) is 4.79 Å². The molecule has 0 saturated heterocycles. The van der Waals surface area contributed by atoms with Crippen LogP contribution in [0.5, 0.6) is 0 Å². The van der Waals surface area contributed by atoms with Crippen molar-refractivity contribution in [1.29, 1.82) is 0 Å². The van der Waals surface area contributed by atoms with Crippen LogP contribution in [0, 0.1) is 0 Å². The number of amides is 1. The molecule has 14 heavy (non-hydrogen) atoms. The van der Waals surface area contributed by atoms with Crippen molar-refractivity contribution in [2.24, 2.45) is 0 Å². The van der Waals surface area contributed by atoms with Gasteiger partial charge in [-0.05, 0) is 34.1 Å². The van der Waals surface area contributed by atoms with Crippen LogP contribution in [0.15, 0.2) is 22.7 Å². The number of anilines is 1. The third-order valence-electron chi connectivity index (χ3n) is 1.37. The van der Waals surface area contributed by atoms with E-state index in [0.29, 0.717) is 15.2 Å². The van der Waals surface area contributed by atoms with E-state index in [9.17, 15) is 9.59 Å². The second-order valence-corrected chi connectivity index (χ2v) is 3.65. The fourth-order valence-corrected chi connectivity index (χ4v) is 1.25. The number of carboxylic acid groups (broad SMARTS) is 1. The molecule has 0 aromatic heterocycles. The monoisotopic (exact) mass is 277 g/mol. The molecule has 1 rings (SSSR count). The van der Waals surface area contributed by atoms with E-state index in [4.69, 9.17) is 16.7 Å². The van der Waals surface area contributed by atoms with Crippen molar-refractivity contribution in [2.75, 3.05) is 5.32 Å². The van der Waals surface area contributed by atoms with Crippen molar-refractivity contribution in [1.82, 2.24) is 0 Å². The van der Waals surface area contributed by atoms with E-state index in [0.717, 1.165) is 0 Å². The van der Waals surface area contributed by atoms with E-state index in [2.05, 4.69) is 21.2 Å². The molecule has 0 aliphatic heterocycles. The normalized spacial score (nSPS) is 9.57. The highest BCUT2D eigenvalue weighted by molar-refractivity contribution is 9.10. The number of rotatable bonds is 1. The molecule has 0 bridgehead atoms. The molecule has 0 radical (unpaired) electrons. The van der Waals surface area contributed by atoms with E-state index >= 15 is 0 Å². The van der Waals surface area contributed by atoms with Crippen LogP contribution < -0.4 is 5.32 Å². The van der Waals surface area contributed by atoms with Crippen molar-refractivity contribution >= 4 is 45.1 Å². The van der Waals surface area contributed by atoms with Gasteiger partial charge >= 0.3 is 11.9 Å². The second kappa shape index (κ2) is 4.43. The summed E-state index contributed by atoms with van der Waals surface area (Å²) in [5.74, 6) is -2.62. The van der Waals surface area contributed by atoms with E-state index in [1.807, 2.05) is 0 Å². The first kappa shape index (κ1) is 11.0. The largest absolute Gasteiger partial charge is 0.474 e. The number of hydrogen-bond donors (Lipinski definition) is 2. The fourth-order valence-electron chi connectivity index (χ4n) is 0.758. The Morgan fingerprint density at radius 1 is 1.43 bits per heavy atom. The Hall–Kier alpha value is -1.07. The Bertz CT molecular complexity index is 394. The quantitative estimate of drug-likeness (QED) is 0.773. The smallest absolute Gasteiger partial charge is 0.394 e. The molecule has 0 aliphatic carbocycles. The minimum Gasteiger partial charge on any atom is -0.474 e. The summed E-state index contributed by atoms with van der Waals surface area (Å²) in [6, 6.07) is 4.57. The number of carbonyl (C=O) groups is 2. The van der Waals surface area contributed by atoms with Crippen LogP contribution in [0.4, 0.5) is 5.69 Å². The van der Waals surface area contributed by atoms with Crippen LogP contribution in [0.3, 0.4) is 0 Å². The molecule has 4 nitrogen and oxygen atoms in total. The maximum atomic E-state index is 10.7. The molecule has 0 aliphatic rings. The number of nitrogens with one attached hydrogen (secondary N) is 1. The first-order valence-corrected chi connectivity index (χ1v) is 4.67. The van der Waals surface area contributed by atoms with Gasteiger partial charge in [-0.2, -0.15) is 0 Å². The molecule has 0 saturated carbocycles. The molecule has 74 valence electrons. The van der Waals surface area contributed by atoms with E-state index in [1.54, 1.807) is 6.07 Å². The molecule has 0 atom stereocenters. The standard InChI is InChI=1S/C8H5BrClNO3/c9-5-3-4(1-2-6(5)10)11-7(12)8(13)14/h1-3H,(H,11,12)(H,13,14). The lowest BCUT2D eigenvalue weighted by atomic mass is 10.3. The van der Waals surface area contributed by atoms with E-state index < -0.39 is 11.9 Å². The van der Waals surface area contributed by atoms with Crippen molar-refractivity contribution in [3.63, 3.8) is 0 Å². The van der Waals surface area contributed by atoms with Gasteiger partial charge in [0.05, 0.1) is 5.02 Å². The van der Waals surface area contributed by atoms with Crippen molar-refractivity contribution in [3.8, 4) is 0 Å². The maximum Gasteiger partial charge on any atom is 0.394 e. The zero-order chi connectivity index (χ0) is 10.7. The maximum absolute atomic E-state index is 10.7. The Balaban J connectivity index is 2.83. The number of halogens is 2. The van der Waals surface area contributed by atoms with Gasteiger partial charge in [0.1, 0.15) is 0 Å². The van der Waals surface area contributed by atoms with Gasteiger partial charge in [0.15, 0.2) is 0 Å². The minimum atomic E-state index is -1.53. The molecule has 0 spiro atoms. The fraction of sp³-hybridized carbons (Fsp3) is 0. The number of carboxylic acids is 1. The van der Waals surface area contributed by atoms with Crippen LogP contribution in [0.1, 0.15) is 0 Å². The van der Waals surface area contributed by atoms with Gasteiger partial charge in [-0.15, -0.1) is 0 Å². The van der Waals surface area contributed by atoms with E-state index in [1.165, 1.54) is 12.1 Å². The van der Waals surface area contributed by atoms with Gasteiger partial charge in [0, 0.05) is 10.2 Å². The second-order valence-electron chi connectivity index (χ2n) is 2.39. The van der Waals surface area contributed by atoms with E-state index in [-0.39, 0.29) is 0 Å². The summed E-state index contributed by atoms with van der Waals surface area (Å²) in [6.45, 7) is 0. The summed E-state index contributed by atoms with van der Waals surface area (Å²) < 4.78 is 0.586. The predicted molar refractivity (Wildman–Crippen MR) is 55.4 cm³/mol. The average molecular weight is 278 g/mol. The van der Waals surface area contributed by atoms with Gasteiger partial charge < -0.3 is 10.4 Å². The van der Waals surface area contributed by atoms with Crippen LogP contribution in [-0.4, -0.2) is 17.0 Å². The lowest BCUT2D eigenvalue weighted by molar-refractivity contribution is -0.147. The lowest BCUT2D eigenvalue weighted by Gasteiger charge is -2.03. The molecule has 0 heterocycles. The lowest BCUT2D eigenvalue weighted by Crippen LogP contribution is -2.21. The SMILES string of the molecule is O=C(O)C(=O)Nc1ccc(Cl)c(Br)c1. The van der Waals surface area contributed by atoms with Gasteiger partial charge in [0.2, 0.25) is 0 Å². The summed E-state index contributed by atoms with van der Waals surface area (Å²) in [4.78, 5) is 21.0. The molecule has 6 heteroatoms. The molecular formula is C8H5BrClNO3. The zero-order valence-corrected chi connectivity index (χ0v) is 9.09. The van der Waals surface area contributed by atoms with Crippen LogP contribution >= 0.6 is 27.5 Å². The third kappa shape index (κ3) is 2.71. The number of hydrogen-bond acceptors (Lipinski definition) is 2. The van der Waals surface area contributed by atoms with Crippen LogP contribution in [0.2, 0.25) is 5.02 Å². The van der Waals surface area contributed by atoms with Gasteiger partial charge in [-0.1, -0.05) is 11.6 Å². The average Bonchev–Trinajstić information content (AvgIpc) is 2.11. The van der Waals surface area contributed by atoms with Crippen molar-refractivity contribution in [2.45, 2.75) is 0 Å². The number of aliphatic carboxylic acids is 1. The summed E-state index contributed by atoms with van der Waals surface area (Å²) in [5, 5.41) is 11.0. The van der Waals surface area contributed by atoms with Gasteiger partial charge in [0.25, 0.3) is 0 Å².